The molecule has 0 aliphatic carbocycles. The van der Waals surface area contributed by atoms with Gasteiger partial charge in [0, 0.05) is 13.1 Å². The second-order valence-corrected chi connectivity index (χ2v) is 10.2. The van der Waals surface area contributed by atoms with Gasteiger partial charge in [0.1, 0.15) is 10.7 Å². The van der Waals surface area contributed by atoms with Crippen LogP contribution in [0.5, 0.6) is 5.75 Å². The normalized spacial score (nSPS) is 15.0. The van der Waals surface area contributed by atoms with Gasteiger partial charge < -0.3 is 10.1 Å². The maximum Gasteiger partial charge on any atom is 0.573 e. The first-order valence-electron chi connectivity index (χ1n) is 9.10. The highest BCUT2D eigenvalue weighted by Gasteiger charge is 2.34. The van der Waals surface area contributed by atoms with Crippen molar-refractivity contribution in [1.82, 2.24) is 10.0 Å². The largest absolute Gasteiger partial charge is 0.573 e. The van der Waals surface area contributed by atoms with Crippen LogP contribution in [0.15, 0.2) is 63.2 Å². The molecule has 172 valence electrons. The Bertz CT molecular complexity index is 1250. The lowest BCUT2D eigenvalue weighted by atomic mass is 10.2. The van der Waals surface area contributed by atoms with Crippen molar-refractivity contribution in [3.63, 3.8) is 0 Å². The number of alkyl halides is 3. The van der Waals surface area contributed by atoms with E-state index in [1.807, 2.05) is 0 Å². The quantitative estimate of drug-likeness (QED) is 0.548. The summed E-state index contributed by atoms with van der Waals surface area (Å²) >= 11 is 0. The van der Waals surface area contributed by atoms with Gasteiger partial charge in [-0.05, 0) is 48.4 Å². The van der Waals surface area contributed by atoms with Gasteiger partial charge in [0.15, 0.2) is 0 Å². The third-order valence-corrected chi connectivity index (χ3v) is 7.62. The molecule has 3 rings (SSSR count). The van der Waals surface area contributed by atoms with E-state index >= 15 is 0 Å². The maximum atomic E-state index is 12.4. The number of amides is 1. The highest BCUT2D eigenvalue weighted by molar-refractivity contribution is 7.96. The Kier molecular flexibility index (Phi) is 6.62. The Labute approximate surface area is 182 Å². The summed E-state index contributed by atoms with van der Waals surface area (Å²) in [6.07, 6.45) is -3.48. The number of halogens is 3. The number of carbonyl (C=O) groups excluding carboxylic acids is 1. The van der Waals surface area contributed by atoms with Crippen LogP contribution in [0.1, 0.15) is 12.0 Å². The average Bonchev–Trinajstić information content (AvgIpc) is 2.98. The van der Waals surface area contributed by atoms with Crippen LogP contribution in [0.25, 0.3) is 6.08 Å². The molecule has 0 aromatic heterocycles. The summed E-state index contributed by atoms with van der Waals surface area (Å²) in [7, 11) is -7.90. The Morgan fingerprint density at radius 2 is 1.66 bits per heavy atom. The molecule has 0 bridgehead atoms. The molecule has 0 atom stereocenters. The van der Waals surface area contributed by atoms with E-state index in [4.69, 9.17) is 0 Å². The van der Waals surface area contributed by atoms with E-state index in [0.717, 1.165) is 24.3 Å². The highest BCUT2D eigenvalue weighted by atomic mass is 32.2. The van der Waals surface area contributed by atoms with Gasteiger partial charge in [-0.1, -0.05) is 18.2 Å². The SMILES string of the molecule is O=C(NCCCNS(=O)(=O)c1ccc(OC(F)(F)F)cc1)C1=Cc2ccccc2S1(=O)=O. The van der Waals surface area contributed by atoms with Crippen LogP contribution in [0, 0.1) is 0 Å². The smallest absolute Gasteiger partial charge is 0.406 e. The molecule has 1 aliphatic rings. The zero-order valence-electron chi connectivity index (χ0n) is 16.2. The van der Waals surface area contributed by atoms with Gasteiger partial charge in [-0.3, -0.25) is 4.79 Å². The second-order valence-electron chi connectivity index (χ2n) is 6.58. The molecule has 0 unspecified atom stereocenters. The number of fused-ring (bicyclic) bond motifs is 1. The summed E-state index contributed by atoms with van der Waals surface area (Å²) < 4.78 is 91.6. The fourth-order valence-electron chi connectivity index (χ4n) is 2.86. The molecule has 1 heterocycles. The summed E-state index contributed by atoms with van der Waals surface area (Å²) in [5.74, 6) is -1.36. The van der Waals surface area contributed by atoms with E-state index in [1.165, 1.54) is 12.1 Å². The zero-order valence-corrected chi connectivity index (χ0v) is 17.9. The van der Waals surface area contributed by atoms with Gasteiger partial charge in [0.2, 0.25) is 19.9 Å². The van der Waals surface area contributed by atoms with E-state index in [-0.39, 0.29) is 34.2 Å². The number of benzene rings is 2. The third-order valence-electron chi connectivity index (χ3n) is 4.31. The number of ether oxygens (including phenoxy) is 1. The molecular weight excluding hydrogens is 473 g/mol. The summed E-state index contributed by atoms with van der Waals surface area (Å²) in [4.78, 5) is 11.6. The van der Waals surface area contributed by atoms with Crippen molar-refractivity contribution in [2.45, 2.75) is 22.6 Å². The average molecular weight is 490 g/mol. The van der Waals surface area contributed by atoms with Crippen molar-refractivity contribution in [2.24, 2.45) is 0 Å². The molecule has 0 saturated carbocycles. The van der Waals surface area contributed by atoms with Crippen LogP contribution in [0.4, 0.5) is 13.2 Å². The van der Waals surface area contributed by atoms with Crippen LogP contribution in [-0.4, -0.2) is 42.2 Å². The highest BCUT2D eigenvalue weighted by Crippen LogP contribution is 2.32. The van der Waals surface area contributed by atoms with Gasteiger partial charge in [0.25, 0.3) is 5.91 Å². The van der Waals surface area contributed by atoms with Crippen LogP contribution < -0.4 is 14.8 Å². The van der Waals surface area contributed by atoms with Crippen molar-refractivity contribution < 1.29 is 39.5 Å². The van der Waals surface area contributed by atoms with Gasteiger partial charge in [-0.25, -0.2) is 21.6 Å². The lowest BCUT2D eigenvalue weighted by Crippen LogP contribution is -2.31. The van der Waals surface area contributed by atoms with Crippen LogP contribution >= 0.6 is 0 Å². The number of sulfonamides is 1. The predicted molar refractivity (Wildman–Crippen MR) is 108 cm³/mol. The minimum atomic E-state index is -4.89. The molecule has 32 heavy (non-hydrogen) atoms. The lowest BCUT2D eigenvalue weighted by molar-refractivity contribution is -0.274. The first-order chi connectivity index (χ1) is 14.9. The summed E-state index contributed by atoms with van der Waals surface area (Å²) in [5.41, 5.74) is 0.414. The molecule has 0 radical (unpaired) electrons. The minimum Gasteiger partial charge on any atom is -0.406 e. The molecule has 2 N–H and O–H groups in total. The Morgan fingerprint density at radius 3 is 2.28 bits per heavy atom. The van der Waals surface area contributed by atoms with Crippen molar-refractivity contribution >= 4 is 31.8 Å². The third kappa shape index (κ3) is 5.47. The van der Waals surface area contributed by atoms with Crippen LogP contribution in [-0.2, 0) is 24.7 Å². The zero-order chi connectivity index (χ0) is 23.6. The van der Waals surface area contributed by atoms with Gasteiger partial charge in [0.05, 0.1) is 9.79 Å². The topological polar surface area (TPSA) is 119 Å². The van der Waals surface area contributed by atoms with Crippen LogP contribution in [0.3, 0.4) is 0 Å². The molecule has 0 spiro atoms. The number of sulfone groups is 1. The molecule has 8 nitrogen and oxygen atoms in total. The number of carbonyl (C=O) groups is 1. The standard InChI is InChI=1S/C19H17F3N2O6S2/c20-19(21,22)30-14-6-8-15(9-7-14)32(28,29)24-11-3-10-23-18(25)17-12-13-4-1-2-5-16(13)31(17,26)27/h1-2,4-9,12,24H,3,10-11H2,(H,23,25). The number of rotatable bonds is 8. The van der Waals surface area contributed by atoms with Gasteiger partial charge >= 0.3 is 6.36 Å². The Morgan fingerprint density at radius 1 is 1.00 bits per heavy atom. The van der Waals surface area contributed by atoms with Crippen molar-refractivity contribution in [3.05, 3.63) is 59.0 Å². The van der Waals surface area contributed by atoms with E-state index < -0.39 is 37.9 Å². The molecule has 0 saturated heterocycles. The molecular formula is C19H17F3N2O6S2. The van der Waals surface area contributed by atoms with Crippen molar-refractivity contribution in [1.29, 1.82) is 0 Å². The van der Waals surface area contributed by atoms with E-state index in [2.05, 4.69) is 14.8 Å². The fourth-order valence-corrected chi connectivity index (χ4v) is 5.46. The summed E-state index contributed by atoms with van der Waals surface area (Å²) in [5, 5.41) is 2.43. The van der Waals surface area contributed by atoms with Crippen molar-refractivity contribution in [2.75, 3.05) is 13.1 Å². The molecule has 1 amide bonds. The lowest BCUT2D eigenvalue weighted by Gasteiger charge is -2.10. The first kappa shape index (κ1) is 23.8. The van der Waals surface area contributed by atoms with Crippen molar-refractivity contribution in [3.8, 4) is 5.75 Å². The number of nitrogens with one attached hydrogen (secondary N) is 2. The van der Waals surface area contributed by atoms with Crippen LogP contribution in [0.2, 0.25) is 0 Å². The number of hydrogen-bond acceptors (Lipinski definition) is 6. The van der Waals surface area contributed by atoms with Gasteiger partial charge in [-0.15, -0.1) is 13.2 Å². The monoisotopic (exact) mass is 490 g/mol. The number of hydrogen-bond donors (Lipinski definition) is 2. The Hall–Kier alpha value is -2.90. The van der Waals surface area contributed by atoms with E-state index in [0.29, 0.717) is 5.56 Å². The van der Waals surface area contributed by atoms with E-state index in [1.54, 1.807) is 18.2 Å². The molecule has 2 aromatic carbocycles. The summed E-state index contributed by atoms with van der Waals surface area (Å²) in [6.45, 7) is -0.113. The molecule has 13 heteroatoms. The maximum absolute atomic E-state index is 12.4. The molecule has 1 aliphatic heterocycles. The molecule has 0 fully saturated rings. The first-order valence-corrected chi connectivity index (χ1v) is 12.1. The second kappa shape index (κ2) is 8.92. The minimum absolute atomic E-state index is 0.0110. The Balaban J connectivity index is 1.49. The fraction of sp³-hybridized carbons (Fsp3) is 0.211. The van der Waals surface area contributed by atoms with E-state index in [9.17, 15) is 34.8 Å². The predicted octanol–water partition coefficient (Wildman–Crippen LogP) is 2.20. The van der Waals surface area contributed by atoms with Gasteiger partial charge in [-0.2, -0.15) is 0 Å². The summed E-state index contributed by atoms with van der Waals surface area (Å²) in [6, 6.07) is 9.83. The molecule has 2 aromatic rings.